The van der Waals surface area contributed by atoms with E-state index in [9.17, 15) is 9.36 Å². The predicted octanol–water partition coefficient (Wildman–Crippen LogP) is 3.23. The molecule has 6 heteroatoms. The Morgan fingerprint density at radius 3 is 2.32 bits per heavy atom. The van der Waals surface area contributed by atoms with Gasteiger partial charge in [0.15, 0.2) is 0 Å². The van der Waals surface area contributed by atoms with E-state index in [1.54, 1.807) is 0 Å². The first kappa shape index (κ1) is 16.7. The van der Waals surface area contributed by atoms with Gasteiger partial charge < -0.3 is 13.8 Å². The van der Waals surface area contributed by atoms with Gasteiger partial charge in [-0.05, 0) is 31.1 Å². The first-order valence-electron chi connectivity index (χ1n) is 6.82. The molecule has 5 nitrogen and oxygen atoms in total. The van der Waals surface area contributed by atoms with Crippen LogP contribution in [0.25, 0.3) is 0 Å². The van der Waals surface area contributed by atoms with Crippen LogP contribution in [0.1, 0.15) is 39.5 Å². The Kier molecular flexibility index (Phi) is 6.51. The summed E-state index contributed by atoms with van der Waals surface area (Å²) in [5, 5.41) is 0. The van der Waals surface area contributed by atoms with Gasteiger partial charge in [0.25, 0.3) is 0 Å². The van der Waals surface area contributed by atoms with Crippen molar-refractivity contribution in [3.05, 3.63) is 0 Å². The van der Waals surface area contributed by atoms with Crippen molar-refractivity contribution in [3.63, 3.8) is 0 Å². The van der Waals surface area contributed by atoms with Gasteiger partial charge in [0.05, 0.1) is 0 Å². The van der Waals surface area contributed by atoms with Crippen molar-refractivity contribution in [2.45, 2.75) is 45.6 Å². The van der Waals surface area contributed by atoms with Crippen LogP contribution in [0.4, 0.5) is 0 Å². The Balaban J connectivity index is 2.57. The van der Waals surface area contributed by atoms with E-state index in [2.05, 4.69) is 13.8 Å². The van der Waals surface area contributed by atoms with Crippen molar-refractivity contribution in [2.24, 2.45) is 11.8 Å². The quantitative estimate of drug-likeness (QED) is 0.555. The molecule has 0 aliphatic heterocycles. The molecule has 0 amide bonds. The molecule has 1 aliphatic carbocycles. The summed E-state index contributed by atoms with van der Waals surface area (Å²) in [6.07, 6.45) is 3.85. The monoisotopic (exact) mass is 292 g/mol. The molecule has 0 aromatic carbocycles. The van der Waals surface area contributed by atoms with Crippen LogP contribution < -0.4 is 0 Å². The molecule has 1 rings (SSSR count). The van der Waals surface area contributed by atoms with Gasteiger partial charge >= 0.3 is 13.6 Å². The molecule has 0 aromatic heterocycles. The number of carbonyl (C=O) groups excluding carboxylic acids is 1. The molecular formula is C13H25O5P. The number of hydrogen-bond donors (Lipinski definition) is 0. The molecule has 1 aliphatic rings. The van der Waals surface area contributed by atoms with Gasteiger partial charge in [0, 0.05) is 14.2 Å². The zero-order chi connectivity index (χ0) is 14.5. The largest absolute Gasteiger partial charge is 0.462 e. The summed E-state index contributed by atoms with van der Waals surface area (Å²) in [4.78, 5) is 11.9. The molecule has 0 N–H and O–H groups in total. The minimum absolute atomic E-state index is 0.0663. The maximum Gasteiger partial charge on any atom is 0.341 e. The molecule has 0 saturated heterocycles. The zero-order valence-corrected chi connectivity index (χ0v) is 13.2. The lowest BCUT2D eigenvalue weighted by Crippen LogP contribution is -2.34. The van der Waals surface area contributed by atoms with E-state index in [0.29, 0.717) is 11.8 Å². The van der Waals surface area contributed by atoms with Crippen LogP contribution >= 0.6 is 7.60 Å². The molecule has 0 radical (unpaired) electrons. The highest BCUT2D eigenvalue weighted by molar-refractivity contribution is 7.54. The lowest BCUT2D eigenvalue weighted by atomic mass is 9.79. The second-order valence-electron chi connectivity index (χ2n) is 5.35. The van der Waals surface area contributed by atoms with Gasteiger partial charge in [-0.3, -0.25) is 9.36 Å². The maximum atomic E-state index is 11.9. The van der Waals surface area contributed by atoms with E-state index in [4.69, 9.17) is 13.8 Å². The van der Waals surface area contributed by atoms with Crippen LogP contribution in [-0.4, -0.2) is 32.5 Å². The summed E-state index contributed by atoms with van der Waals surface area (Å²) in [6, 6.07) is 0. The van der Waals surface area contributed by atoms with Crippen molar-refractivity contribution >= 4 is 13.6 Å². The topological polar surface area (TPSA) is 61.8 Å². The van der Waals surface area contributed by atoms with E-state index < -0.39 is 13.6 Å². The SMILES string of the molecule is COP(=O)(CC(=O)O[C@H]1CCCC[C@@H]1C(C)C)OC. The Bertz CT molecular complexity index is 334. The number of rotatable bonds is 6. The first-order valence-corrected chi connectivity index (χ1v) is 8.54. The van der Waals surface area contributed by atoms with Crippen LogP contribution in [0.3, 0.4) is 0 Å². The number of carbonyl (C=O) groups is 1. The van der Waals surface area contributed by atoms with Crippen LogP contribution in [0.15, 0.2) is 0 Å². The Morgan fingerprint density at radius 2 is 1.79 bits per heavy atom. The third kappa shape index (κ3) is 4.90. The van der Waals surface area contributed by atoms with Crippen molar-refractivity contribution in [3.8, 4) is 0 Å². The number of hydrogen-bond acceptors (Lipinski definition) is 5. The smallest absolute Gasteiger partial charge is 0.341 e. The van der Waals surface area contributed by atoms with Gasteiger partial charge in [-0.15, -0.1) is 0 Å². The molecule has 112 valence electrons. The third-order valence-corrected chi connectivity index (χ3v) is 5.53. The lowest BCUT2D eigenvalue weighted by Gasteiger charge is -2.33. The second-order valence-corrected chi connectivity index (χ2v) is 7.62. The van der Waals surface area contributed by atoms with E-state index in [-0.39, 0.29) is 12.3 Å². The highest BCUT2D eigenvalue weighted by atomic mass is 31.2. The molecule has 2 atom stereocenters. The number of ether oxygens (including phenoxy) is 1. The molecule has 0 aromatic rings. The van der Waals surface area contributed by atoms with Gasteiger partial charge in [0.1, 0.15) is 12.3 Å². The predicted molar refractivity (Wildman–Crippen MR) is 73.2 cm³/mol. The highest BCUT2D eigenvalue weighted by Crippen LogP contribution is 2.46. The average Bonchev–Trinajstić information content (AvgIpc) is 2.38. The molecule has 1 saturated carbocycles. The van der Waals surface area contributed by atoms with E-state index >= 15 is 0 Å². The summed E-state index contributed by atoms with van der Waals surface area (Å²) in [5.41, 5.74) is 0. The summed E-state index contributed by atoms with van der Waals surface area (Å²) in [6.45, 7) is 4.29. The van der Waals surface area contributed by atoms with Crippen LogP contribution in [0.2, 0.25) is 0 Å². The lowest BCUT2D eigenvalue weighted by molar-refractivity contribution is -0.151. The van der Waals surface area contributed by atoms with Gasteiger partial charge in [-0.25, -0.2) is 0 Å². The van der Waals surface area contributed by atoms with E-state index in [0.717, 1.165) is 19.3 Å². The molecular weight excluding hydrogens is 267 g/mol. The van der Waals surface area contributed by atoms with Crippen LogP contribution in [0, 0.1) is 11.8 Å². The molecule has 19 heavy (non-hydrogen) atoms. The van der Waals surface area contributed by atoms with Crippen molar-refractivity contribution in [2.75, 3.05) is 20.4 Å². The van der Waals surface area contributed by atoms with Crippen molar-refractivity contribution < 1.29 is 23.1 Å². The van der Waals surface area contributed by atoms with Gasteiger partial charge in [-0.2, -0.15) is 0 Å². The highest BCUT2D eigenvalue weighted by Gasteiger charge is 2.33. The summed E-state index contributed by atoms with van der Waals surface area (Å²) in [5.74, 6) is 0.376. The third-order valence-electron chi connectivity index (χ3n) is 3.77. The van der Waals surface area contributed by atoms with E-state index in [1.807, 2.05) is 0 Å². The van der Waals surface area contributed by atoms with Crippen LogP contribution in [0.5, 0.6) is 0 Å². The molecule has 1 fully saturated rings. The fourth-order valence-electron chi connectivity index (χ4n) is 2.60. The second kappa shape index (κ2) is 7.41. The summed E-state index contributed by atoms with van der Waals surface area (Å²) >= 11 is 0. The fraction of sp³-hybridized carbons (Fsp3) is 0.923. The Hall–Kier alpha value is -0.380. The van der Waals surface area contributed by atoms with Crippen molar-refractivity contribution in [1.29, 1.82) is 0 Å². The summed E-state index contributed by atoms with van der Waals surface area (Å²) in [7, 11) is -0.777. The number of esters is 1. The molecule has 0 bridgehead atoms. The molecule has 0 spiro atoms. The first-order chi connectivity index (χ1) is 8.91. The zero-order valence-electron chi connectivity index (χ0n) is 12.3. The van der Waals surface area contributed by atoms with Crippen molar-refractivity contribution in [1.82, 2.24) is 0 Å². The fourth-order valence-corrected chi connectivity index (χ4v) is 3.40. The van der Waals surface area contributed by atoms with Crippen LogP contribution in [-0.2, 0) is 23.1 Å². The van der Waals surface area contributed by atoms with Gasteiger partial charge in [-0.1, -0.05) is 20.3 Å². The Morgan fingerprint density at radius 1 is 1.21 bits per heavy atom. The Labute approximate surface area is 115 Å². The molecule has 0 heterocycles. The summed E-state index contributed by atoms with van der Waals surface area (Å²) < 4.78 is 26.9. The minimum Gasteiger partial charge on any atom is -0.462 e. The average molecular weight is 292 g/mol. The van der Waals surface area contributed by atoms with E-state index in [1.165, 1.54) is 20.6 Å². The maximum absolute atomic E-state index is 11.9. The van der Waals surface area contributed by atoms with Gasteiger partial charge in [0.2, 0.25) is 0 Å². The molecule has 0 unspecified atom stereocenters. The normalized spacial score (nSPS) is 24.5. The standard InChI is InChI=1S/C13H25O5P/c1-10(2)11-7-5-6-8-12(11)18-13(14)9-19(15,16-3)17-4/h10-12H,5-9H2,1-4H3/t11-,12+/m1/s1. The minimum atomic E-state index is -3.32.